The fraction of sp³-hybridized carbons (Fsp3) is 0.500. The SMILES string of the molecule is N#C[SiH2]C([SiH3])[SiH3]. The molecule has 0 aromatic carbocycles. The van der Waals surface area contributed by atoms with Crippen LogP contribution in [0.25, 0.3) is 0 Å². The predicted octanol–water partition coefficient (Wildman–Crippen LogP) is -2.93. The van der Waals surface area contributed by atoms with Gasteiger partial charge in [0.1, 0.15) is 9.52 Å². The first kappa shape index (κ1) is 6.14. The Labute approximate surface area is 46.4 Å². The van der Waals surface area contributed by atoms with Gasteiger partial charge in [0.2, 0.25) is 0 Å². The van der Waals surface area contributed by atoms with E-state index in [1.807, 2.05) is 0 Å². The highest BCUT2D eigenvalue weighted by molar-refractivity contribution is 6.68. The molecule has 0 bridgehead atoms. The largest absolute Gasteiger partial charge is 0.208 e. The van der Waals surface area contributed by atoms with Crippen molar-refractivity contribution < 1.29 is 0 Å². The molecule has 0 aromatic rings. The van der Waals surface area contributed by atoms with Crippen LogP contribution in [0.2, 0.25) is 4.79 Å². The van der Waals surface area contributed by atoms with Crippen molar-refractivity contribution in [1.29, 1.82) is 5.26 Å². The maximum Gasteiger partial charge on any atom is 0.138 e. The van der Waals surface area contributed by atoms with Crippen LogP contribution < -0.4 is 0 Å². The summed E-state index contributed by atoms with van der Waals surface area (Å²) in [5.74, 6) is 0. The molecule has 0 amide bonds. The molecule has 0 heterocycles. The smallest absolute Gasteiger partial charge is 0.138 e. The van der Waals surface area contributed by atoms with Crippen LogP contribution in [0.15, 0.2) is 0 Å². The van der Waals surface area contributed by atoms with Crippen molar-refractivity contribution in [2.45, 2.75) is 4.79 Å². The van der Waals surface area contributed by atoms with Crippen molar-refractivity contribution in [3.8, 4) is 5.69 Å². The van der Waals surface area contributed by atoms with Crippen molar-refractivity contribution in [3.05, 3.63) is 0 Å². The van der Waals surface area contributed by atoms with E-state index >= 15 is 0 Å². The normalized spacial score (nSPS) is 15.8. The molecular weight excluding hydrogens is 122 g/mol. The van der Waals surface area contributed by atoms with Crippen LogP contribution in [-0.4, -0.2) is 30.0 Å². The zero-order chi connectivity index (χ0) is 4.99. The number of hydrogen-bond donors (Lipinski definition) is 0. The molecule has 0 saturated heterocycles. The number of nitrogens with zero attached hydrogens (tertiary/aromatic N) is 1. The molecule has 0 aliphatic heterocycles. The lowest BCUT2D eigenvalue weighted by Crippen LogP contribution is -1.98. The molecule has 0 aliphatic rings. The van der Waals surface area contributed by atoms with E-state index in [9.17, 15) is 0 Å². The Kier molecular flexibility index (Phi) is 3.41. The van der Waals surface area contributed by atoms with Crippen LogP contribution in [-0.2, 0) is 0 Å². The molecule has 0 spiro atoms. The van der Waals surface area contributed by atoms with Gasteiger partial charge in [-0.25, -0.2) is 5.26 Å². The summed E-state index contributed by atoms with van der Waals surface area (Å²) in [5, 5.41) is 8.09. The van der Waals surface area contributed by atoms with Gasteiger partial charge in [0, 0.05) is 26.2 Å². The molecule has 0 fully saturated rings. The van der Waals surface area contributed by atoms with Gasteiger partial charge in [-0.3, -0.25) is 0 Å². The van der Waals surface area contributed by atoms with Crippen molar-refractivity contribution >= 4 is 30.0 Å². The highest BCUT2D eigenvalue weighted by atomic mass is 28.3. The summed E-state index contributed by atoms with van der Waals surface area (Å²) in [6, 6.07) is 0. The number of rotatable bonds is 1. The molecule has 0 atom stereocenters. The first-order valence-electron chi connectivity index (χ1n) is 2.14. The van der Waals surface area contributed by atoms with Gasteiger partial charge in [-0.2, -0.15) is 0 Å². The quantitative estimate of drug-likeness (QED) is 0.350. The zero-order valence-corrected chi connectivity index (χ0v) is 9.65. The minimum absolute atomic E-state index is 0.215. The highest BCUT2D eigenvalue weighted by Crippen LogP contribution is 1.79. The van der Waals surface area contributed by atoms with Crippen LogP contribution in [0.5, 0.6) is 0 Å². The van der Waals surface area contributed by atoms with Gasteiger partial charge in [-0.05, 0) is 0 Å². The third-order valence-corrected chi connectivity index (χ3v) is 3.95. The summed E-state index contributed by atoms with van der Waals surface area (Å²) < 4.78 is 0. The average Bonchev–Trinajstić information content (AvgIpc) is 1.35. The Morgan fingerprint density at radius 3 is 2.17 bits per heavy atom. The fourth-order valence-corrected chi connectivity index (χ4v) is 1.64. The molecule has 1 nitrogen and oxygen atoms in total. The summed E-state index contributed by atoms with van der Waals surface area (Å²) in [7, 11) is 2.34. The van der Waals surface area contributed by atoms with Gasteiger partial charge >= 0.3 is 0 Å². The van der Waals surface area contributed by atoms with Gasteiger partial charge in [0.25, 0.3) is 0 Å². The molecule has 4 heteroatoms. The Hall–Kier alpha value is 0.141. The second-order valence-corrected chi connectivity index (χ2v) is 13.6. The van der Waals surface area contributed by atoms with E-state index in [0.29, 0.717) is 0 Å². The molecule has 0 aliphatic carbocycles. The van der Waals surface area contributed by atoms with Crippen molar-refractivity contribution in [3.63, 3.8) is 0 Å². The second-order valence-electron chi connectivity index (χ2n) is 1.76. The maximum absolute atomic E-state index is 8.09. The standard InChI is InChI=1S/C2H9NSi3/c3-1-6-2(4)5/h2H,6H2,4-5H3. The van der Waals surface area contributed by atoms with Crippen molar-refractivity contribution in [1.82, 2.24) is 0 Å². The predicted molar refractivity (Wildman–Crippen MR) is 37.8 cm³/mol. The summed E-state index contributed by atoms with van der Waals surface area (Å²) in [6.07, 6.45) is 0. The van der Waals surface area contributed by atoms with Gasteiger partial charge in [0.05, 0.1) is 0 Å². The van der Waals surface area contributed by atoms with Crippen molar-refractivity contribution in [2.24, 2.45) is 0 Å². The second kappa shape index (κ2) is 3.34. The Bertz CT molecular complexity index is 63.7. The van der Waals surface area contributed by atoms with Crippen LogP contribution >= 0.6 is 0 Å². The fourth-order valence-electron chi connectivity index (χ4n) is 0.183. The molecule has 0 N–H and O–H groups in total. The lowest BCUT2D eigenvalue weighted by Gasteiger charge is -1.86. The van der Waals surface area contributed by atoms with Gasteiger partial charge < -0.3 is 0 Å². The van der Waals surface area contributed by atoms with E-state index in [1.165, 1.54) is 20.5 Å². The first-order chi connectivity index (χ1) is 2.77. The zero-order valence-electron chi connectivity index (χ0n) is 4.23. The first-order valence-corrected chi connectivity index (χ1v) is 5.97. The van der Waals surface area contributed by atoms with E-state index < -0.39 is 0 Å². The Morgan fingerprint density at radius 1 is 1.67 bits per heavy atom. The Balaban J connectivity index is 2.88. The van der Waals surface area contributed by atoms with E-state index in [0.717, 1.165) is 4.79 Å². The van der Waals surface area contributed by atoms with Crippen LogP contribution in [0.1, 0.15) is 0 Å². The molecule has 6 heavy (non-hydrogen) atoms. The monoisotopic (exact) mass is 131 g/mol. The topological polar surface area (TPSA) is 23.8 Å². The lowest BCUT2D eigenvalue weighted by molar-refractivity contribution is 1.56. The summed E-state index contributed by atoms with van der Waals surface area (Å²) in [6.45, 7) is 0. The van der Waals surface area contributed by atoms with Crippen LogP contribution in [0, 0.1) is 11.0 Å². The van der Waals surface area contributed by atoms with Gasteiger partial charge in [0.15, 0.2) is 0 Å². The van der Waals surface area contributed by atoms with Crippen molar-refractivity contribution in [2.75, 3.05) is 0 Å². The summed E-state index contributed by atoms with van der Waals surface area (Å²) in [4.78, 5) is 0.954. The lowest BCUT2D eigenvalue weighted by atomic mass is 11.8. The average molecular weight is 131 g/mol. The van der Waals surface area contributed by atoms with E-state index in [4.69, 9.17) is 5.26 Å². The van der Waals surface area contributed by atoms with Crippen LogP contribution in [0.3, 0.4) is 0 Å². The molecule has 0 aromatic heterocycles. The van der Waals surface area contributed by atoms with Crippen LogP contribution in [0.4, 0.5) is 0 Å². The highest BCUT2D eigenvalue weighted by Gasteiger charge is 1.88. The molecule has 0 radical (unpaired) electrons. The maximum atomic E-state index is 8.09. The minimum atomic E-state index is -0.215. The molecule has 0 saturated carbocycles. The van der Waals surface area contributed by atoms with Gasteiger partial charge in [-0.1, -0.05) is 4.79 Å². The molecule has 34 valence electrons. The molecule has 0 unspecified atom stereocenters. The van der Waals surface area contributed by atoms with E-state index in [1.54, 1.807) is 0 Å². The van der Waals surface area contributed by atoms with Gasteiger partial charge in [-0.15, -0.1) is 0 Å². The summed E-state index contributed by atoms with van der Waals surface area (Å²) in [5.41, 5.74) is 2.28. The third-order valence-electron chi connectivity index (χ3n) is 0.500. The minimum Gasteiger partial charge on any atom is -0.208 e. The van der Waals surface area contributed by atoms with E-state index in [-0.39, 0.29) is 9.52 Å². The number of hydrogen-bond acceptors (Lipinski definition) is 1. The Morgan fingerprint density at radius 2 is 2.17 bits per heavy atom. The number of nitriles is 1. The summed E-state index contributed by atoms with van der Waals surface area (Å²) >= 11 is 0. The molecule has 0 rings (SSSR count). The molecular formula is C2H9NSi3. The third kappa shape index (κ3) is 4.14. The van der Waals surface area contributed by atoms with E-state index in [2.05, 4.69) is 5.69 Å².